The normalized spacial score (nSPS) is 38.7. The van der Waals surface area contributed by atoms with Crippen molar-refractivity contribution in [1.29, 1.82) is 0 Å². The Morgan fingerprint density at radius 1 is 0.968 bits per heavy atom. The van der Waals surface area contributed by atoms with Crippen LogP contribution in [0.3, 0.4) is 0 Å². The highest BCUT2D eigenvalue weighted by atomic mass is 32.2. The molecule has 1 aromatic rings. The predicted molar refractivity (Wildman–Crippen MR) is 231 cm³/mol. The molecular formula is C44H74N4O13S. The third kappa shape index (κ3) is 13.8. The van der Waals surface area contributed by atoms with E-state index >= 15 is 0 Å². The minimum Gasteiger partial charge on any atom is -0.462 e. The molecule has 3 aliphatic rings. The Balaban J connectivity index is 1.64. The van der Waals surface area contributed by atoms with Gasteiger partial charge in [0.05, 0.1) is 37.2 Å². The van der Waals surface area contributed by atoms with E-state index in [1.807, 2.05) is 33.8 Å². The summed E-state index contributed by atoms with van der Waals surface area (Å²) in [7, 11) is 6.55. The zero-order chi connectivity index (χ0) is 46.1. The average Bonchev–Trinajstić information content (AvgIpc) is 3.71. The fraction of sp³-hybridized carbons (Fsp3) is 0.818. The van der Waals surface area contributed by atoms with Crippen molar-refractivity contribution in [1.82, 2.24) is 19.9 Å². The summed E-state index contributed by atoms with van der Waals surface area (Å²) in [6.45, 7) is 15.0. The van der Waals surface area contributed by atoms with E-state index < -0.39 is 84.9 Å². The van der Waals surface area contributed by atoms with Crippen LogP contribution in [0.5, 0.6) is 0 Å². The van der Waals surface area contributed by atoms with Gasteiger partial charge in [-0.3, -0.25) is 18.5 Å². The van der Waals surface area contributed by atoms with Crippen molar-refractivity contribution in [3.05, 3.63) is 35.7 Å². The second kappa shape index (κ2) is 23.7. The van der Waals surface area contributed by atoms with Crippen LogP contribution >= 0.6 is 12.0 Å². The van der Waals surface area contributed by atoms with Gasteiger partial charge in [0.1, 0.15) is 41.8 Å². The van der Waals surface area contributed by atoms with Gasteiger partial charge in [0, 0.05) is 44.3 Å². The number of aliphatic hydroxyl groups excluding tert-OH is 3. The van der Waals surface area contributed by atoms with Crippen LogP contribution in [0, 0.1) is 23.7 Å². The number of carbonyl (C=O) groups is 2. The number of hydrogen-bond donors (Lipinski definition) is 4. The van der Waals surface area contributed by atoms with Crippen molar-refractivity contribution >= 4 is 23.8 Å². The molecule has 0 saturated carbocycles. The Hall–Kier alpha value is -2.33. The summed E-state index contributed by atoms with van der Waals surface area (Å²) in [5, 5.41) is 51.5. The second-order valence-electron chi connectivity index (χ2n) is 18.1. The van der Waals surface area contributed by atoms with Gasteiger partial charge in [0.15, 0.2) is 18.4 Å². The summed E-state index contributed by atoms with van der Waals surface area (Å²) >= 11 is 1.16. The van der Waals surface area contributed by atoms with Crippen molar-refractivity contribution in [3.8, 4) is 0 Å². The molecule has 1 aromatic heterocycles. The van der Waals surface area contributed by atoms with Gasteiger partial charge in [-0.1, -0.05) is 43.7 Å². The molecule has 0 bridgehead atoms. The maximum absolute atomic E-state index is 13.9. The Morgan fingerprint density at radius 3 is 2.24 bits per heavy atom. The van der Waals surface area contributed by atoms with Gasteiger partial charge in [-0.2, -0.15) is 0 Å². The number of carbonyl (C=O) groups excluding carboxylic acids is 2. The van der Waals surface area contributed by atoms with Crippen LogP contribution in [-0.4, -0.2) is 160 Å². The lowest BCUT2D eigenvalue weighted by Crippen LogP contribution is -2.62. The zero-order valence-electron chi connectivity index (χ0n) is 38.7. The van der Waals surface area contributed by atoms with Gasteiger partial charge in [-0.25, -0.2) is 0 Å². The Morgan fingerprint density at radius 2 is 1.63 bits per heavy atom. The molecule has 18 heteroatoms. The molecule has 0 aromatic carbocycles. The third-order valence-corrected chi connectivity index (χ3v) is 13.8. The van der Waals surface area contributed by atoms with Gasteiger partial charge in [-0.05, 0) is 104 Å². The van der Waals surface area contributed by atoms with Crippen molar-refractivity contribution in [2.45, 2.75) is 172 Å². The van der Waals surface area contributed by atoms with Crippen LogP contribution in [0.15, 0.2) is 30.0 Å². The van der Waals surface area contributed by atoms with E-state index in [1.165, 1.54) is 14.2 Å². The first-order valence-corrected chi connectivity index (χ1v) is 22.7. The average molecular weight is 899 g/mol. The van der Waals surface area contributed by atoms with Crippen LogP contribution in [0.25, 0.3) is 0 Å². The number of aryl methyl sites for hydroxylation is 1. The Labute approximate surface area is 372 Å². The first-order chi connectivity index (χ1) is 29.2. The molecule has 0 spiro atoms. The molecule has 0 aliphatic carbocycles. The lowest BCUT2D eigenvalue weighted by Gasteiger charge is -2.44. The maximum Gasteiger partial charge on any atom is 0.306 e. The number of aromatic nitrogens is 3. The van der Waals surface area contributed by atoms with Crippen LogP contribution in [0.4, 0.5) is 0 Å². The molecule has 16 atom stereocenters. The monoisotopic (exact) mass is 898 g/mol. The highest BCUT2D eigenvalue weighted by Gasteiger charge is 2.47. The van der Waals surface area contributed by atoms with E-state index in [-0.39, 0.29) is 41.9 Å². The quantitative estimate of drug-likeness (QED) is 0.155. The molecule has 354 valence electrons. The summed E-state index contributed by atoms with van der Waals surface area (Å²) in [5.41, 5.74) is 0.0244. The molecule has 62 heavy (non-hydrogen) atoms. The molecule has 6 unspecified atom stereocenters. The summed E-state index contributed by atoms with van der Waals surface area (Å²) in [6, 6.07) is -0.639. The summed E-state index contributed by atoms with van der Waals surface area (Å²) in [4.78, 5) is 29.4. The SMILES string of the molecule is CC[C@H]1OC(=O)CC[C@H](C)C(SO[C@@H]2OC(C)[C@@H](O)C(N(C)C)C2O)[C@@H](CCn2cc(C(C)(C)O)nn2)C[C@@H](C)C(=O)/C=C/C(C)=C/[C@@H]1CO[C@@H]1OC(C)[C@@H](O)[C@H](OC)C1OC. The lowest BCUT2D eigenvalue weighted by atomic mass is 9.82. The van der Waals surface area contributed by atoms with Gasteiger partial charge >= 0.3 is 5.97 Å². The predicted octanol–water partition coefficient (Wildman–Crippen LogP) is 3.56. The van der Waals surface area contributed by atoms with Crippen LogP contribution in [0.2, 0.25) is 0 Å². The van der Waals surface area contributed by atoms with Gasteiger partial charge in [0.25, 0.3) is 0 Å². The molecule has 0 amide bonds. The summed E-state index contributed by atoms with van der Waals surface area (Å²) in [5.74, 6) is -1.62. The third-order valence-electron chi connectivity index (χ3n) is 12.4. The summed E-state index contributed by atoms with van der Waals surface area (Å²) < 4.78 is 43.8. The zero-order valence-corrected chi connectivity index (χ0v) is 39.5. The van der Waals surface area contributed by atoms with E-state index in [2.05, 4.69) is 10.3 Å². The smallest absolute Gasteiger partial charge is 0.306 e. The number of rotatable bonds is 14. The first-order valence-electron chi connectivity index (χ1n) is 21.9. The molecule has 4 rings (SSSR count). The fourth-order valence-corrected chi connectivity index (χ4v) is 9.65. The molecule has 2 saturated heterocycles. The van der Waals surface area contributed by atoms with Crippen LogP contribution < -0.4 is 0 Å². The van der Waals surface area contributed by atoms with E-state index in [9.17, 15) is 30.0 Å². The van der Waals surface area contributed by atoms with Crippen molar-refractivity contribution in [3.63, 3.8) is 0 Å². The molecule has 3 aliphatic heterocycles. The molecule has 4 heterocycles. The molecule has 17 nitrogen and oxygen atoms in total. The number of esters is 1. The number of ether oxygens (including phenoxy) is 6. The van der Waals surface area contributed by atoms with Crippen LogP contribution in [0.1, 0.15) is 93.2 Å². The number of nitrogens with zero attached hydrogens (tertiary/aromatic N) is 4. The van der Waals surface area contributed by atoms with E-state index in [0.717, 1.165) is 17.6 Å². The Bertz CT molecular complexity index is 1620. The largest absolute Gasteiger partial charge is 0.462 e. The van der Waals surface area contributed by atoms with E-state index in [0.29, 0.717) is 37.9 Å². The van der Waals surface area contributed by atoms with Crippen LogP contribution in [-0.2, 0) is 54.3 Å². The minimum atomic E-state index is -1.18. The number of cyclic esters (lactones) is 1. The fourth-order valence-electron chi connectivity index (χ4n) is 8.52. The van der Waals surface area contributed by atoms with Gasteiger partial charge < -0.3 is 53.7 Å². The Kier molecular flexibility index (Phi) is 20.0. The van der Waals surface area contributed by atoms with Gasteiger partial charge in [-0.15, -0.1) is 5.10 Å². The number of allylic oxidation sites excluding steroid dienone is 3. The molecule has 0 radical (unpaired) electrons. The van der Waals surface area contributed by atoms with Crippen molar-refractivity contribution in [2.75, 3.05) is 34.9 Å². The molecule has 2 fully saturated rings. The first kappa shape index (κ1) is 52.3. The minimum absolute atomic E-state index is 0.0668. The van der Waals surface area contributed by atoms with Crippen molar-refractivity contribution in [2.24, 2.45) is 23.7 Å². The number of aliphatic hydroxyl groups is 4. The van der Waals surface area contributed by atoms with E-state index in [1.54, 1.807) is 69.7 Å². The number of likely N-dealkylation sites (N-methyl/N-ethyl adjacent to an activating group) is 1. The highest BCUT2D eigenvalue weighted by molar-refractivity contribution is 7.95. The number of ketones is 1. The number of methoxy groups -OCH3 is 2. The van der Waals surface area contributed by atoms with E-state index in [4.69, 9.17) is 32.6 Å². The number of hydrogen-bond acceptors (Lipinski definition) is 17. The van der Waals surface area contributed by atoms with Crippen molar-refractivity contribution < 1.29 is 62.6 Å². The standard InChI is InChI=1S/C44H74N4O13S/c1-13-32-30(23-57-43-40(56-12)39(55-11)37(52)28(6)59-43)20-24(2)14-16-31(49)26(4)21-29(18-19-48-22-33(45-46-48)44(7,8)54)41(25(3)15-17-34(50)60-32)62-61-42-38(53)35(47(9)10)36(51)27(5)58-42/h14,16,20,22,25-30,32,35-43,51-54H,13,15,17-19,21,23H2,1-12H3/b16-14+,24-20+/t25-,26+,27?,28?,29-,30+,32+,35?,36+,37+,38?,39-,40?,41?,42-,43+/m0/s1. The molecular weight excluding hydrogens is 825 g/mol. The topological polar surface area (TPSA) is 214 Å². The highest BCUT2D eigenvalue weighted by Crippen LogP contribution is 2.39. The lowest BCUT2D eigenvalue weighted by molar-refractivity contribution is -0.304. The second-order valence-corrected chi connectivity index (χ2v) is 19.0. The summed E-state index contributed by atoms with van der Waals surface area (Å²) in [6.07, 6.45) is 0.834. The molecule has 4 N–H and O–H groups in total. The maximum atomic E-state index is 13.9. The van der Waals surface area contributed by atoms with Gasteiger partial charge in [0.2, 0.25) is 0 Å².